The van der Waals surface area contributed by atoms with E-state index in [1.807, 2.05) is 0 Å². The molecule has 1 spiro atoms. The Hall–Kier alpha value is -0.280. The van der Waals surface area contributed by atoms with Crippen molar-refractivity contribution in [1.82, 2.24) is 9.84 Å². The van der Waals surface area contributed by atoms with E-state index in [9.17, 15) is 12.3 Å². The highest BCUT2D eigenvalue weighted by atomic mass is 32.3. The first kappa shape index (κ1) is 11.2. The average molecular weight is 240 g/mol. The molecule has 2 rings (SSSR count). The standard InChI is InChI=1S/C7H13FN2O4S/c8-15(11,12)9-10-3-1-7(2-4-10)13-5-6-14-7/h9H,1-6H2. The van der Waals surface area contributed by atoms with Crippen LogP contribution in [0, 0.1) is 0 Å². The van der Waals surface area contributed by atoms with Crippen LogP contribution in [0.4, 0.5) is 3.89 Å². The Morgan fingerprint density at radius 2 is 1.73 bits per heavy atom. The van der Waals surface area contributed by atoms with Gasteiger partial charge in [-0.15, -0.1) is 4.83 Å². The molecule has 0 radical (unpaired) electrons. The van der Waals surface area contributed by atoms with Crippen LogP contribution in [-0.4, -0.2) is 45.5 Å². The SMILES string of the molecule is O=S(=O)(F)NN1CCC2(CC1)OCCO2. The number of rotatable bonds is 2. The first-order valence-corrected chi connectivity index (χ1v) is 6.12. The van der Waals surface area contributed by atoms with Crippen molar-refractivity contribution in [2.45, 2.75) is 18.6 Å². The first-order valence-electron chi connectivity index (χ1n) is 4.74. The lowest BCUT2D eigenvalue weighted by molar-refractivity contribution is -0.187. The van der Waals surface area contributed by atoms with E-state index in [2.05, 4.69) is 0 Å². The van der Waals surface area contributed by atoms with E-state index in [4.69, 9.17) is 9.47 Å². The summed E-state index contributed by atoms with van der Waals surface area (Å²) >= 11 is 0. The minimum absolute atomic E-state index is 0.378. The van der Waals surface area contributed by atoms with Crippen LogP contribution in [0.15, 0.2) is 0 Å². The molecule has 0 amide bonds. The van der Waals surface area contributed by atoms with Gasteiger partial charge in [-0.25, -0.2) is 5.01 Å². The summed E-state index contributed by atoms with van der Waals surface area (Å²) in [6, 6.07) is 0. The molecule has 0 bridgehead atoms. The molecule has 6 nitrogen and oxygen atoms in total. The smallest absolute Gasteiger partial charge is 0.347 e. The second-order valence-electron chi connectivity index (χ2n) is 3.62. The topological polar surface area (TPSA) is 67.9 Å². The summed E-state index contributed by atoms with van der Waals surface area (Å²) in [7, 11) is -4.66. The van der Waals surface area contributed by atoms with Crippen molar-refractivity contribution in [2.75, 3.05) is 26.3 Å². The summed E-state index contributed by atoms with van der Waals surface area (Å²) in [5, 5.41) is 1.31. The zero-order chi connectivity index (χ0) is 10.9. The largest absolute Gasteiger partial charge is 0.385 e. The van der Waals surface area contributed by atoms with Crippen LogP contribution in [0.1, 0.15) is 12.8 Å². The van der Waals surface area contributed by atoms with Crippen LogP contribution in [-0.2, 0) is 19.9 Å². The molecular formula is C7H13FN2O4S. The number of nitrogens with zero attached hydrogens (tertiary/aromatic N) is 1. The Bertz CT molecular complexity index is 318. The second kappa shape index (κ2) is 3.95. The molecule has 88 valence electrons. The maximum absolute atomic E-state index is 12.3. The average Bonchev–Trinajstić information content (AvgIpc) is 2.56. The molecule has 2 aliphatic rings. The summed E-state index contributed by atoms with van der Waals surface area (Å²) in [6.07, 6.45) is 1.07. The Morgan fingerprint density at radius 3 is 2.20 bits per heavy atom. The van der Waals surface area contributed by atoms with Crippen molar-refractivity contribution in [3.05, 3.63) is 0 Å². The lowest BCUT2D eigenvalue weighted by Crippen LogP contribution is -2.51. The van der Waals surface area contributed by atoms with E-state index >= 15 is 0 Å². The second-order valence-corrected chi connectivity index (χ2v) is 4.68. The molecular weight excluding hydrogens is 227 g/mol. The Balaban J connectivity index is 1.87. The highest BCUT2D eigenvalue weighted by Crippen LogP contribution is 2.30. The minimum Gasteiger partial charge on any atom is -0.347 e. The predicted octanol–water partition coefficient (Wildman–Crippen LogP) is -0.456. The number of hydrazine groups is 1. The highest BCUT2D eigenvalue weighted by Gasteiger charge is 2.40. The molecule has 0 atom stereocenters. The first-order chi connectivity index (χ1) is 6.99. The van der Waals surface area contributed by atoms with Crippen molar-refractivity contribution in [2.24, 2.45) is 0 Å². The Labute approximate surface area is 87.6 Å². The molecule has 0 unspecified atom stereocenters. The van der Waals surface area contributed by atoms with Crippen molar-refractivity contribution in [3.63, 3.8) is 0 Å². The van der Waals surface area contributed by atoms with E-state index in [1.165, 1.54) is 5.01 Å². The zero-order valence-electron chi connectivity index (χ0n) is 8.11. The van der Waals surface area contributed by atoms with Gasteiger partial charge in [-0.05, 0) is 0 Å². The lowest BCUT2D eigenvalue weighted by Gasteiger charge is -2.36. The monoisotopic (exact) mass is 240 g/mol. The fourth-order valence-electron chi connectivity index (χ4n) is 1.88. The number of hydrogen-bond donors (Lipinski definition) is 1. The molecule has 8 heteroatoms. The van der Waals surface area contributed by atoms with Crippen LogP contribution in [0.3, 0.4) is 0 Å². The number of ether oxygens (including phenoxy) is 2. The molecule has 2 heterocycles. The molecule has 15 heavy (non-hydrogen) atoms. The van der Waals surface area contributed by atoms with Gasteiger partial charge in [0.15, 0.2) is 5.79 Å². The van der Waals surface area contributed by atoms with Crippen molar-refractivity contribution >= 4 is 10.4 Å². The summed E-state index contributed by atoms with van der Waals surface area (Å²) in [4.78, 5) is 1.79. The third-order valence-corrected chi connectivity index (χ3v) is 3.05. The van der Waals surface area contributed by atoms with E-state index in [0.717, 1.165) is 0 Å². The predicted molar refractivity (Wildman–Crippen MR) is 48.6 cm³/mol. The molecule has 0 saturated carbocycles. The van der Waals surface area contributed by atoms with Crippen LogP contribution in [0.5, 0.6) is 0 Å². The van der Waals surface area contributed by atoms with Gasteiger partial charge in [0, 0.05) is 25.9 Å². The van der Waals surface area contributed by atoms with Crippen LogP contribution in [0.25, 0.3) is 0 Å². The highest BCUT2D eigenvalue weighted by molar-refractivity contribution is 7.84. The van der Waals surface area contributed by atoms with Crippen LogP contribution >= 0.6 is 0 Å². The number of hydrogen-bond acceptors (Lipinski definition) is 5. The minimum atomic E-state index is -4.66. The third-order valence-electron chi connectivity index (χ3n) is 2.58. The molecule has 2 fully saturated rings. The van der Waals surface area contributed by atoms with Gasteiger partial charge in [0.2, 0.25) is 0 Å². The van der Waals surface area contributed by atoms with E-state index < -0.39 is 16.2 Å². The summed E-state index contributed by atoms with van der Waals surface area (Å²) in [5.41, 5.74) is 0. The van der Waals surface area contributed by atoms with Gasteiger partial charge in [-0.3, -0.25) is 0 Å². The van der Waals surface area contributed by atoms with E-state index in [1.54, 1.807) is 4.83 Å². The molecule has 0 aromatic rings. The van der Waals surface area contributed by atoms with Crippen LogP contribution < -0.4 is 4.83 Å². The molecule has 1 N–H and O–H groups in total. The number of piperidine rings is 1. The summed E-state index contributed by atoms with van der Waals surface area (Å²) in [5.74, 6) is -0.571. The summed E-state index contributed by atoms with van der Waals surface area (Å²) < 4.78 is 43.8. The molecule has 2 saturated heterocycles. The van der Waals surface area contributed by atoms with Gasteiger partial charge < -0.3 is 9.47 Å². The normalized spacial score (nSPS) is 27.3. The number of halogens is 1. The summed E-state index contributed by atoms with van der Waals surface area (Å²) in [6.45, 7) is 1.88. The van der Waals surface area contributed by atoms with Crippen molar-refractivity contribution in [1.29, 1.82) is 0 Å². The fourth-order valence-corrected chi connectivity index (χ4v) is 2.37. The van der Waals surface area contributed by atoms with Crippen LogP contribution in [0.2, 0.25) is 0 Å². The zero-order valence-corrected chi connectivity index (χ0v) is 8.93. The fraction of sp³-hybridized carbons (Fsp3) is 1.00. The maximum Gasteiger partial charge on any atom is 0.385 e. The lowest BCUT2D eigenvalue weighted by atomic mass is 10.1. The molecule has 0 aromatic carbocycles. The van der Waals surface area contributed by atoms with E-state index in [-0.39, 0.29) is 0 Å². The van der Waals surface area contributed by atoms with Crippen molar-refractivity contribution < 1.29 is 21.8 Å². The Morgan fingerprint density at radius 1 is 1.20 bits per heavy atom. The van der Waals surface area contributed by atoms with Gasteiger partial charge in [0.25, 0.3) is 0 Å². The van der Waals surface area contributed by atoms with Gasteiger partial charge in [0.05, 0.1) is 13.2 Å². The Kier molecular flexibility index (Phi) is 2.95. The molecule has 0 aromatic heterocycles. The quantitative estimate of drug-likeness (QED) is 0.662. The third kappa shape index (κ3) is 2.85. The van der Waals surface area contributed by atoms with Crippen molar-refractivity contribution in [3.8, 4) is 0 Å². The molecule has 2 aliphatic heterocycles. The molecule has 0 aliphatic carbocycles. The van der Waals surface area contributed by atoms with E-state index in [0.29, 0.717) is 39.1 Å². The van der Waals surface area contributed by atoms with Gasteiger partial charge in [-0.1, -0.05) is 3.89 Å². The number of nitrogens with one attached hydrogen (secondary N) is 1. The van der Waals surface area contributed by atoms with Gasteiger partial charge in [-0.2, -0.15) is 8.42 Å². The van der Waals surface area contributed by atoms with Gasteiger partial charge >= 0.3 is 10.4 Å². The maximum atomic E-state index is 12.3. The van der Waals surface area contributed by atoms with Gasteiger partial charge in [0.1, 0.15) is 0 Å².